The van der Waals surface area contributed by atoms with Gasteiger partial charge in [0.1, 0.15) is 11.9 Å². The highest BCUT2D eigenvalue weighted by molar-refractivity contribution is 5.27. The van der Waals surface area contributed by atoms with E-state index in [9.17, 15) is 0 Å². The fourth-order valence-electron chi connectivity index (χ4n) is 2.79. The van der Waals surface area contributed by atoms with Gasteiger partial charge in [0.15, 0.2) is 0 Å². The van der Waals surface area contributed by atoms with Crippen LogP contribution in [-0.4, -0.2) is 50.4 Å². The average Bonchev–Trinajstić information content (AvgIpc) is 2.51. The molecule has 0 amide bonds. The van der Waals surface area contributed by atoms with Gasteiger partial charge in [0.2, 0.25) is 0 Å². The normalized spacial score (nSPS) is 21.8. The van der Waals surface area contributed by atoms with Crippen LogP contribution in [0.5, 0.6) is 5.75 Å². The van der Waals surface area contributed by atoms with Crippen LogP contribution in [0.4, 0.5) is 0 Å². The molecule has 0 radical (unpaired) electrons. The van der Waals surface area contributed by atoms with Gasteiger partial charge in [-0.2, -0.15) is 0 Å². The van der Waals surface area contributed by atoms with E-state index in [1.165, 1.54) is 5.56 Å². The zero-order valence-electron chi connectivity index (χ0n) is 12.0. The lowest BCUT2D eigenvalue weighted by Crippen LogP contribution is -2.42. The quantitative estimate of drug-likeness (QED) is 0.906. The van der Waals surface area contributed by atoms with Crippen molar-refractivity contribution >= 4 is 0 Å². The number of ether oxygens (including phenoxy) is 2. The second-order valence-electron chi connectivity index (χ2n) is 5.60. The Labute approximate surface area is 121 Å². The molecule has 0 aliphatic carbocycles. The van der Waals surface area contributed by atoms with Crippen molar-refractivity contribution in [2.45, 2.75) is 25.5 Å². The molecule has 4 heteroatoms. The van der Waals surface area contributed by atoms with Gasteiger partial charge in [0.25, 0.3) is 0 Å². The molecular formula is C16H24N2O2. The monoisotopic (exact) mass is 276 g/mol. The lowest BCUT2D eigenvalue weighted by Gasteiger charge is -2.27. The highest BCUT2D eigenvalue weighted by Gasteiger charge is 2.15. The van der Waals surface area contributed by atoms with Crippen LogP contribution in [0.2, 0.25) is 0 Å². The number of nitrogens with zero attached hydrogens (tertiary/aromatic N) is 1. The van der Waals surface area contributed by atoms with E-state index in [1.54, 1.807) is 0 Å². The van der Waals surface area contributed by atoms with Crippen LogP contribution >= 0.6 is 0 Å². The molecule has 0 aromatic heterocycles. The third-order valence-electron chi connectivity index (χ3n) is 4.01. The Balaban J connectivity index is 1.51. The van der Waals surface area contributed by atoms with Crippen molar-refractivity contribution in [3.05, 3.63) is 29.8 Å². The van der Waals surface area contributed by atoms with Crippen LogP contribution in [0.25, 0.3) is 0 Å². The Kier molecular flexibility index (Phi) is 4.90. The van der Waals surface area contributed by atoms with Gasteiger partial charge in [-0.15, -0.1) is 0 Å². The van der Waals surface area contributed by atoms with Crippen LogP contribution in [0.3, 0.4) is 0 Å². The van der Waals surface area contributed by atoms with Crippen molar-refractivity contribution in [2.24, 2.45) is 0 Å². The minimum atomic E-state index is 0.322. The van der Waals surface area contributed by atoms with Crippen LogP contribution in [0.1, 0.15) is 18.4 Å². The van der Waals surface area contributed by atoms with Crippen molar-refractivity contribution in [3.8, 4) is 5.75 Å². The second kappa shape index (κ2) is 7.07. The fourth-order valence-corrected chi connectivity index (χ4v) is 2.79. The SMILES string of the molecule is c1cc(OC2CCOCC2)ccc1CN1CCNCC1. The zero-order chi connectivity index (χ0) is 13.6. The van der Waals surface area contributed by atoms with Gasteiger partial charge < -0.3 is 14.8 Å². The molecule has 110 valence electrons. The van der Waals surface area contributed by atoms with E-state index >= 15 is 0 Å². The summed E-state index contributed by atoms with van der Waals surface area (Å²) in [5, 5.41) is 3.38. The molecule has 0 atom stereocenters. The van der Waals surface area contributed by atoms with Gasteiger partial charge in [-0.05, 0) is 17.7 Å². The Morgan fingerprint density at radius 1 is 1.10 bits per heavy atom. The molecule has 20 heavy (non-hydrogen) atoms. The van der Waals surface area contributed by atoms with E-state index in [0.29, 0.717) is 6.10 Å². The third kappa shape index (κ3) is 3.95. The van der Waals surface area contributed by atoms with Crippen LogP contribution < -0.4 is 10.1 Å². The summed E-state index contributed by atoms with van der Waals surface area (Å²) in [6.45, 7) is 7.17. The maximum atomic E-state index is 6.00. The highest BCUT2D eigenvalue weighted by Crippen LogP contribution is 2.19. The summed E-state index contributed by atoms with van der Waals surface area (Å²) >= 11 is 0. The van der Waals surface area contributed by atoms with E-state index in [2.05, 4.69) is 34.5 Å². The van der Waals surface area contributed by atoms with Crippen molar-refractivity contribution in [1.29, 1.82) is 0 Å². The van der Waals surface area contributed by atoms with Crippen molar-refractivity contribution in [2.75, 3.05) is 39.4 Å². The predicted octanol–water partition coefficient (Wildman–Crippen LogP) is 1.65. The molecule has 2 aliphatic heterocycles. The summed E-state index contributed by atoms with van der Waals surface area (Å²) in [4.78, 5) is 2.49. The number of hydrogen-bond acceptors (Lipinski definition) is 4. The van der Waals surface area contributed by atoms with Crippen molar-refractivity contribution in [3.63, 3.8) is 0 Å². The highest BCUT2D eigenvalue weighted by atomic mass is 16.5. The summed E-state index contributed by atoms with van der Waals surface area (Å²) in [7, 11) is 0. The first kappa shape index (κ1) is 13.9. The molecule has 0 spiro atoms. The molecule has 2 saturated heterocycles. The maximum Gasteiger partial charge on any atom is 0.119 e. The third-order valence-corrected chi connectivity index (χ3v) is 4.01. The van der Waals surface area contributed by atoms with Gasteiger partial charge in [0, 0.05) is 45.6 Å². The Hall–Kier alpha value is -1.10. The number of benzene rings is 1. The molecule has 2 aliphatic rings. The molecule has 1 aromatic carbocycles. The molecule has 0 unspecified atom stereocenters. The van der Waals surface area contributed by atoms with E-state index in [0.717, 1.165) is 64.5 Å². The van der Waals surface area contributed by atoms with Gasteiger partial charge in [0.05, 0.1) is 13.2 Å². The van der Waals surface area contributed by atoms with Gasteiger partial charge in [-0.3, -0.25) is 4.90 Å². The Bertz CT molecular complexity index is 356. The van der Waals surface area contributed by atoms with E-state index in [4.69, 9.17) is 9.47 Å². The zero-order valence-corrected chi connectivity index (χ0v) is 12.0. The molecule has 1 aromatic rings. The van der Waals surface area contributed by atoms with Crippen LogP contribution in [-0.2, 0) is 11.3 Å². The summed E-state index contributed by atoms with van der Waals surface area (Å²) in [5.74, 6) is 0.987. The van der Waals surface area contributed by atoms with E-state index < -0.39 is 0 Å². The Morgan fingerprint density at radius 2 is 1.80 bits per heavy atom. The Morgan fingerprint density at radius 3 is 2.50 bits per heavy atom. The van der Waals surface area contributed by atoms with Gasteiger partial charge >= 0.3 is 0 Å². The first-order valence-electron chi connectivity index (χ1n) is 7.66. The van der Waals surface area contributed by atoms with Crippen molar-refractivity contribution < 1.29 is 9.47 Å². The first-order chi connectivity index (χ1) is 9.90. The lowest BCUT2D eigenvalue weighted by atomic mass is 10.1. The largest absolute Gasteiger partial charge is 0.490 e. The molecule has 3 rings (SSSR count). The topological polar surface area (TPSA) is 33.7 Å². The number of hydrogen-bond donors (Lipinski definition) is 1. The predicted molar refractivity (Wildman–Crippen MR) is 79.1 cm³/mol. The summed E-state index contributed by atoms with van der Waals surface area (Å²) in [6.07, 6.45) is 2.33. The van der Waals surface area contributed by atoms with Crippen LogP contribution in [0, 0.1) is 0 Å². The standard InChI is InChI=1S/C16H24N2O2/c1-3-15(20-16-5-11-19-12-6-16)4-2-14(1)13-18-9-7-17-8-10-18/h1-4,16-17H,5-13H2. The molecule has 2 fully saturated rings. The summed E-state index contributed by atoms with van der Waals surface area (Å²) in [5.41, 5.74) is 1.37. The molecule has 0 bridgehead atoms. The molecule has 0 saturated carbocycles. The second-order valence-corrected chi connectivity index (χ2v) is 5.60. The summed E-state index contributed by atoms with van der Waals surface area (Å²) < 4.78 is 11.3. The molecule has 4 nitrogen and oxygen atoms in total. The van der Waals surface area contributed by atoms with Gasteiger partial charge in [-0.25, -0.2) is 0 Å². The molecule has 1 N–H and O–H groups in total. The lowest BCUT2D eigenvalue weighted by molar-refractivity contribution is 0.0255. The fraction of sp³-hybridized carbons (Fsp3) is 0.625. The summed E-state index contributed by atoms with van der Waals surface area (Å²) in [6, 6.07) is 8.59. The number of rotatable bonds is 4. The minimum absolute atomic E-state index is 0.322. The van der Waals surface area contributed by atoms with E-state index in [1.807, 2.05) is 0 Å². The maximum absolute atomic E-state index is 6.00. The number of piperazine rings is 1. The molecule has 2 heterocycles. The number of nitrogens with one attached hydrogen (secondary N) is 1. The minimum Gasteiger partial charge on any atom is -0.490 e. The molecular weight excluding hydrogens is 252 g/mol. The average molecular weight is 276 g/mol. The van der Waals surface area contributed by atoms with Crippen LogP contribution in [0.15, 0.2) is 24.3 Å². The first-order valence-corrected chi connectivity index (χ1v) is 7.66. The van der Waals surface area contributed by atoms with E-state index in [-0.39, 0.29) is 0 Å². The van der Waals surface area contributed by atoms with Crippen molar-refractivity contribution in [1.82, 2.24) is 10.2 Å². The van der Waals surface area contributed by atoms with Gasteiger partial charge in [-0.1, -0.05) is 12.1 Å². The smallest absolute Gasteiger partial charge is 0.119 e.